The van der Waals surface area contributed by atoms with Gasteiger partial charge >= 0.3 is 5.69 Å². The van der Waals surface area contributed by atoms with E-state index in [-0.39, 0.29) is 24.0 Å². The molecule has 1 aliphatic carbocycles. The van der Waals surface area contributed by atoms with Crippen molar-refractivity contribution in [1.29, 1.82) is 0 Å². The van der Waals surface area contributed by atoms with Crippen LogP contribution in [0.25, 0.3) is 0 Å². The maximum atomic E-state index is 12.5. The molecule has 0 unspecified atom stereocenters. The van der Waals surface area contributed by atoms with E-state index in [1.54, 1.807) is 10.6 Å². The van der Waals surface area contributed by atoms with Crippen molar-refractivity contribution in [2.75, 3.05) is 17.7 Å². The summed E-state index contributed by atoms with van der Waals surface area (Å²) in [6.45, 7) is 2.42. The Balaban J connectivity index is 1.73. The van der Waals surface area contributed by atoms with Crippen molar-refractivity contribution >= 4 is 35.0 Å². The van der Waals surface area contributed by atoms with Gasteiger partial charge in [0.25, 0.3) is 0 Å². The number of thioether (sulfide) groups is 1. The summed E-state index contributed by atoms with van der Waals surface area (Å²) in [5, 5.41) is 13.2. The standard InChI is InChI=1S/C20H24ClN3O3S/c1-13-7-8-14(11-16(13)21)22-18(26)12-28-19-15-5-2-3-6-17(15)24(9-4-10-25)20(27)23-19/h7-8,11,25H,2-6,9-10,12H2,1H3,(H,22,26). The normalized spacial score (nSPS) is 13.2. The number of hydrogen-bond acceptors (Lipinski definition) is 5. The maximum Gasteiger partial charge on any atom is 0.348 e. The number of carbonyl (C=O) groups excluding carboxylic acids is 1. The quantitative estimate of drug-likeness (QED) is 0.529. The molecule has 0 fully saturated rings. The Kier molecular flexibility index (Phi) is 7.15. The molecule has 1 aromatic heterocycles. The van der Waals surface area contributed by atoms with Gasteiger partial charge in [-0.15, -0.1) is 0 Å². The molecule has 0 saturated heterocycles. The van der Waals surface area contributed by atoms with E-state index in [9.17, 15) is 9.59 Å². The Morgan fingerprint density at radius 1 is 1.36 bits per heavy atom. The third kappa shape index (κ3) is 4.96. The molecule has 0 radical (unpaired) electrons. The van der Waals surface area contributed by atoms with Gasteiger partial charge in [-0.3, -0.25) is 9.36 Å². The van der Waals surface area contributed by atoms with Crippen LogP contribution in [-0.2, 0) is 24.2 Å². The second-order valence-electron chi connectivity index (χ2n) is 6.86. The Morgan fingerprint density at radius 2 is 2.14 bits per heavy atom. The van der Waals surface area contributed by atoms with E-state index in [1.807, 2.05) is 19.1 Å². The monoisotopic (exact) mass is 421 g/mol. The largest absolute Gasteiger partial charge is 0.396 e. The van der Waals surface area contributed by atoms with Gasteiger partial charge in [-0.2, -0.15) is 4.98 Å². The fourth-order valence-corrected chi connectivity index (χ4v) is 4.39. The molecule has 0 saturated carbocycles. The van der Waals surface area contributed by atoms with Gasteiger partial charge in [-0.25, -0.2) is 4.79 Å². The van der Waals surface area contributed by atoms with Gasteiger partial charge in [-0.1, -0.05) is 29.4 Å². The van der Waals surface area contributed by atoms with Crippen LogP contribution in [0.5, 0.6) is 0 Å². The molecule has 8 heteroatoms. The minimum atomic E-state index is -0.303. The molecule has 2 aromatic rings. The molecule has 0 bridgehead atoms. The fraction of sp³-hybridized carbons (Fsp3) is 0.450. The van der Waals surface area contributed by atoms with Crippen molar-refractivity contribution in [2.24, 2.45) is 0 Å². The fourth-order valence-electron chi connectivity index (χ4n) is 3.33. The number of rotatable bonds is 7. The van der Waals surface area contributed by atoms with Crippen molar-refractivity contribution in [3.8, 4) is 0 Å². The molecule has 3 rings (SSSR count). The number of amides is 1. The van der Waals surface area contributed by atoms with Crippen LogP contribution in [0.15, 0.2) is 28.0 Å². The molecule has 2 N–H and O–H groups in total. The zero-order valence-corrected chi connectivity index (χ0v) is 17.4. The van der Waals surface area contributed by atoms with Gasteiger partial charge in [0.2, 0.25) is 5.91 Å². The number of anilines is 1. The zero-order chi connectivity index (χ0) is 20.1. The summed E-state index contributed by atoms with van der Waals surface area (Å²) >= 11 is 7.40. The Hall–Kier alpha value is -1.83. The Labute approximate surface area is 173 Å². The number of hydrogen-bond donors (Lipinski definition) is 2. The van der Waals surface area contributed by atoms with Crippen LogP contribution in [0.4, 0.5) is 5.69 Å². The van der Waals surface area contributed by atoms with Gasteiger partial charge in [0.05, 0.1) is 5.75 Å². The van der Waals surface area contributed by atoms with Crippen LogP contribution in [-0.4, -0.2) is 32.9 Å². The van der Waals surface area contributed by atoms with E-state index in [0.29, 0.717) is 28.7 Å². The lowest BCUT2D eigenvalue weighted by molar-refractivity contribution is -0.113. The van der Waals surface area contributed by atoms with Crippen LogP contribution in [0, 0.1) is 6.92 Å². The second kappa shape index (κ2) is 9.58. The number of aromatic nitrogens is 2. The molecule has 1 aliphatic rings. The number of aliphatic hydroxyl groups is 1. The molecule has 1 amide bonds. The molecule has 6 nitrogen and oxygen atoms in total. The van der Waals surface area contributed by atoms with E-state index < -0.39 is 0 Å². The molecule has 1 aromatic carbocycles. The molecule has 0 atom stereocenters. The second-order valence-corrected chi connectivity index (χ2v) is 8.23. The van der Waals surface area contributed by atoms with E-state index in [2.05, 4.69) is 10.3 Å². The van der Waals surface area contributed by atoms with Crippen LogP contribution < -0.4 is 11.0 Å². The number of halogens is 1. The summed E-state index contributed by atoms with van der Waals surface area (Å²) in [7, 11) is 0. The van der Waals surface area contributed by atoms with Crippen molar-refractivity contribution in [3.63, 3.8) is 0 Å². The Bertz CT molecular complexity index is 930. The number of benzene rings is 1. The lowest BCUT2D eigenvalue weighted by Crippen LogP contribution is -2.30. The van der Waals surface area contributed by atoms with E-state index >= 15 is 0 Å². The minimum Gasteiger partial charge on any atom is -0.396 e. The summed E-state index contributed by atoms with van der Waals surface area (Å²) in [6, 6.07) is 5.39. The third-order valence-electron chi connectivity index (χ3n) is 4.79. The molecule has 28 heavy (non-hydrogen) atoms. The van der Waals surface area contributed by atoms with Gasteiger partial charge in [0, 0.05) is 35.1 Å². The van der Waals surface area contributed by atoms with Crippen molar-refractivity contribution in [2.45, 2.75) is 50.6 Å². The number of nitrogens with zero attached hydrogens (tertiary/aromatic N) is 2. The maximum absolute atomic E-state index is 12.5. The van der Waals surface area contributed by atoms with Crippen LogP contribution >= 0.6 is 23.4 Å². The number of fused-ring (bicyclic) bond motifs is 1. The highest BCUT2D eigenvalue weighted by molar-refractivity contribution is 8.00. The topological polar surface area (TPSA) is 84.2 Å². The highest BCUT2D eigenvalue weighted by Crippen LogP contribution is 2.29. The summed E-state index contributed by atoms with van der Waals surface area (Å²) < 4.78 is 1.68. The first kappa shape index (κ1) is 20.9. The molecular formula is C20H24ClN3O3S. The lowest BCUT2D eigenvalue weighted by atomic mass is 9.97. The van der Waals surface area contributed by atoms with Gasteiger partial charge in [-0.05, 0) is 56.7 Å². The van der Waals surface area contributed by atoms with Crippen molar-refractivity contribution in [1.82, 2.24) is 9.55 Å². The molecular weight excluding hydrogens is 398 g/mol. The van der Waals surface area contributed by atoms with E-state index in [1.165, 1.54) is 11.8 Å². The SMILES string of the molecule is Cc1ccc(NC(=O)CSc2nc(=O)n(CCCO)c3c2CCCC3)cc1Cl. The number of carbonyl (C=O) groups is 1. The molecule has 150 valence electrons. The smallest absolute Gasteiger partial charge is 0.348 e. The van der Waals surface area contributed by atoms with Gasteiger partial charge in [0.1, 0.15) is 5.03 Å². The first-order valence-corrected chi connectivity index (χ1v) is 10.8. The predicted octanol–water partition coefficient (Wildman–Crippen LogP) is 3.20. The number of nitrogens with one attached hydrogen (secondary N) is 1. The van der Waals surface area contributed by atoms with Crippen molar-refractivity contribution < 1.29 is 9.90 Å². The average Bonchev–Trinajstić information content (AvgIpc) is 2.68. The first-order chi connectivity index (χ1) is 13.5. The molecule has 0 spiro atoms. The molecule has 0 aliphatic heterocycles. The van der Waals surface area contributed by atoms with Crippen LogP contribution in [0.2, 0.25) is 5.02 Å². The summed E-state index contributed by atoms with van der Waals surface area (Å²) in [4.78, 5) is 29.0. The number of aryl methyl sites for hydroxylation is 1. The van der Waals surface area contributed by atoms with E-state index in [0.717, 1.165) is 42.5 Å². The Morgan fingerprint density at radius 3 is 2.89 bits per heavy atom. The summed E-state index contributed by atoms with van der Waals surface area (Å²) in [5.41, 5.74) is 3.37. The first-order valence-electron chi connectivity index (χ1n) is 9.42. The average molecular weight is 422 g/mol. The molecule has 1 heterocycles. The highest BCUT2D eigenvalue weighted by atomic mass is 35.5. The number of aliphatic hydroxyl groups excluding tert-OH is 1. The van der Waals surface area contributed by atoms with Gasteiger partial charge in [0.15, 0.2) is 0 Å². The lowest BCUT2D eigenvalue weighted by Gasteiger charge is -2.22. The minimum absolute atomic E-state index is 0.0426. The highest BCUT2D eigenvalue weighted by Gasteiger charge is 2.21. The van der Waals surface area contributed by atoms with E-state index in [4.69, 9.17) is 16.7 Å². The zero-order valence-electron chi connectivity index (χ0n) is 15.8. The predicted molar refractivity (Wildman–Crippen MR) is 112 cm³/mol. The third-order valence-corrected chi connectivity index (χ3v) is 6.21. The van der Waals surface area contributed by atoms with Crippen LogP contribution in [0.1, 0.15) is 36.1 Å². The summed E-state index contributed by atoms with van der Waals surface area (Å²) in [6.07, 6.45) is 4.31. The van der Waals surface area contributed by atoms with Gasteiger partial charge < -0.3 is 10.4 Å². The summed E-state index contributed by atoms with van der Waals surface area (Å²) in [5.74, 6) is 0.00567. The van der Waals surface area contributed by atoms with Crippen molar-refractivity contribution in [3.05, 3.63) is 50.5 Å². The van der Waals surface area contributed by atoms with Crippen LogP contribution in [0.3, 0.4) is 0 Å².